The highest BCUT2D eigenvalue weighted by Crippen LogP contribution is 2.41. The minimum absolute atomic E-state index is 0.234. The number of hydrogen-bond donors (Lipinski definition) is 1. The van der Waals surface area contributed by atoms with Gasteiger partial charge in [0.2, 0.25) is 0 Å². The fraction of sp³-hybridized carbons (Fsp3) is 0.625. The third-order valence-electron chi connectivity index (χ3n) is 4.71. The number of alkyl halides is 3. The van der Waals surface area contributed by atoms with Crippen LogP contribution in [0.4, 0.5) is 18.9 Å². The molecule has 1 aromatic rings. The van der Waals surface area contributed by atoms with Gasteiger partial charge in [-0.2, -0.15) is 13.2 Å². The van der Waals surface area contributed by atoms with E-state index in [9.17, 15) is 13.2 Å². The van der Waals surface area contributed by atoms with E-state index in [4.69, 9.17) is 5.11 Å². The van der Waals surface area contributed by atoms with E-state index in [1.54, 1.807) is 6.07 Å². The van der Waals surface area contributed by atoms with Crippen molar-refractivity contribution in [3.8, 4) is 0 Å². The Labute approximate surface area is 123 Å². The summed E-state index contributed by atoms with van der Waals surface area (Å²) in [4.78, 5) is 1.82. The van der Waals surface area contributed by atoms with E-state index in [0.29, 0.717) is 18.7 Å². The predicted molar refractivity (Wildman–Crippen MR) is 77.2 cm³/mol. The molecular formula is C16H22F3NO. The fourth-order valence-corrected chi connectivity index (χ4v) is 2.83. The molecule has 1 heterocycles. The van der Waals surface area contributed by atoms with Gasteiger partial charge in [0.05, 0.1) is 12.2 Å². The van der Waals surface area contributed by atoms with Gasteiger partial charge in [-0.25, -0.2) is 0 Å². The Hall–Kier alpha value is -1.23. The molecule has 0 saturated carbocycles. The molecule has 1 aromatic carbocycles. The van der Waals surface area contributed by atoms with Gasteiger partial charge in [-0.15, -0.1) is 0 Å². The molecule has 118 valence electrons. The van der Waals surface area contributed by atoms with Gasteiger partial charge in [0.25, 0.3) is 0 Å². The van der Waals surface area contributed by atoms with Crippen molar-refractivity contribution in [2.45, 2.75) is 45.9 Å². The smallest absolute Gasteiger partial charge is 0.392 e. The lowest BCUT2D eigenvalue weighted by Crippen LogP contribution is -2.39. The van der Waals surface area contributed by atoms with Gasteiger partial charge in [0.15, 0.2) is 0 Å². The Bertz CT molecular complexity index is 491. The van der Waals surface area contributed by atoms with Crippen molar-refractivity contribution in [1.82, 2.24) is 0 Å². The quantitative estimate of drug-likeness (QED) is 0.904. The van der Waals surface area contributed by atoms with E-state index in [-0.39, 0.29) is 17.7 Å². The van der Waals surface area contributed by atoms with Gasteiger partial charge in [0, 0.05) is 18.8 Å². The van der Waals surface area contributed by atoms with Crippen LogP contribution in [0.2, 0.25) is 0 Å². The second-order valence-corrected chi connectivity index (χ2v) is 6.16. The van der Waals surface area contributed by atoms with Crippen molar-refractivity contribution in [3.05, 3.63) is 29.3 Å². The average molecular weight is 301 g/mol. The van der Waals surface area contributed by atoms with Gasteiger partial charge in [0.1, 0.15) is 0 Å². The zero-order chi connectivity index (χ0) is 15.7. The van der Waals surface area contributed by atoms with Crippen LogP contribution < -0.4 is 4.90 Å². The van der Waals surface area contributed by atoms with Gasteiger partial charge in [-0.3, -0.25) is 0 Å². The second-order valence-electron chi connectivity index (χ2n) is 6.16. The van der Waals surface area contributed by atoms with Crippen molar-refractivity contribution in [3.63, 3.8) is 0 Å². The summed E-state index contributed by atoms with van der Waals surface area (Å²) in [6.45, 7) is 5.24. The van der Waals surface area contributed by atoms with Crippen LogP contribution in [0.5, 0.6) is 0 Å². The number of benzene rings is 1. The first-order valence-electron chi connectivity index (χ1n) is 7.35. The molecule has 1 aliphatic heterocycles. The number of piperidine rings is 1. The van der Waals surface area contributed by atoms with E-state index in [1.807, 2.05) is 4.90 Å². The van der Waals surface area contributed by atoms with Crippen LogP contribution in [0.15, 0.2) is 18.2 Å². The lowest BCUT2D eigenvalue weighted by Gasteiger charge is -2.40. The molecular weight excluding hydrogens is 279 g/mol. The molecule has 2 nitrogen and oxygen atoms in total. The van der Waals surface area contributed by atoms with Crippen molar-refractivity contribution < 1.29 is 18.3 Å². The summed E-state index contributed by atoms with van der Waals surface area (Å²) < 4.78 is 39.7. The lowest BCUT2D eigenvalue weighted by atomic mass is 9.78. The van der Waals surface area contributed by atoms with Gasteiger partial charge in [-0.1, -0.05) is 26.3 Å². The molecule has 21 heavy (non-hydrogen) atoms. The number of aliphatic hydroxyl groups excluding tert-OH is 1. The highest BCUT2D eigenvalue weighted by Gasteiger charge is 2.37. The highest BCUT2D eigenvalue weighted by molar-refractivity contribution is 5.56. The van der Waals surface area contributed by atoms with Crippen molar-refractivity contribution in [1.29, 1.82) is 0 Å². The Morgan fingerprint density at radius 2 is 1.86 bits per heavy atom. The van der Waals surface area contributed by atoms with E-state index in [1.165, 1.54) is 6.07 Å². The molecule has 0 radical (unpaired) electrons. The van der Waals surface area contributed by atoms with E-state index in [0.717, 1.165) is 25.3 Å². The Morgan fingerprint density at radius 3 is 2.33 bits per heavy atom. The van der Waals surface area contributed by atoms with E-state index < -0.39 is 11.7 Å². The zero-order valence-corrected chi connectivity index (χ0v) is 12.5. The average Bonchev–Trinajstić information content (AvgIpc) is 2.46. The van der Waals surface area contributed by atoms with E-state index in [2.05, 4.69) is 13.8 Å². The molecule has 0 unspecified atom stereocenters. The lowest BCUT2D eigenvalue weighted by molar-refractivity contribution is -0.137. The minimum Gasteiger partial charge on any atom is -0.392 e. The van der Waals surface area contributed by atoms with Gasteiger partial charge < -0.3 is 10.0 Å². The van der Waals surface area contributed by atoms with Gasteiger partial charge in [-0.05, 0) is 36.0 Å². The maximum Gasteiger partial charge on any atom is 0.418 e. The molecule has 5 heteroatoms. The van der Waals surface area contributed by atoms with Crippen LogP contribution in [0.25, 0.3) is 0 Å². The first kappa shape index (κ1) is 16.1. The molecule has 0 bridgehead atoms. The van der Waals surface area contributed by atoms with Crippen LogP contribution >= 0.6 is 0 Å². The predicted octanol–water partition coefficient (Wildman–Crippen LogP) is 4.21. The summed E-state index contributed by atoms with van der Waals surface area (Å²) in [5.41, 5.74) is 0.119. The minimum atomic E-state index is -4.40. The topological polar surface area (TPSA) is 23.5 Å². The normalized spacial score (nSPS) is 18.9. The van der Waals surface area contributed by atoms with Crippen molar-refractivity contribution in [2.75, 3.05) is 18.0 Å². The highest BCUT2D eigenvalue weighted by atomic mass is 19.4. The van der Waals surface area contributed by atoms with Gasteiger partial charge >= 0.3 is 6.18 Å². The molecule has 1 fully saturated rings. The molecule has 2 rings (SSSR count). The van der Waals surface area contributed by atoms with Crippen molar-refractivity contribution >= 4 is 5.69 Å². The molecule has 0 atom stereocenters. The number of hydrogen-bond acceptors (Lipinski definition) is 2. The number of aliphatic hydroxyl groups is 1. The Kier molecular flexibility index (Phi) is 4.51. The molecule has 1 saturated heterocycles. The monoisotopic (exact) mass is 301 g/mol. The third kappa shape index (κ3) is 3.51. The van der Waals surface area contributed by atoms with Crippen LogP contribution in [-0.4, -0.2) is 18.2 Å². The standard InChI is InChI=1S/C16H22F3NO/c1-3-15(2)6-8-20(9-7-15)14-5-4-12(11-21)10-13(14)16(17,18)19/h4-5,10,21H,3,6-9,11H2,1-2H3. The van der Waals surface area contributed by atoms with Crippen LogP contribution in [0, 0.1) is 5.41 Å². The maximum absolute atomic E-state index is 13.2. The molecule has 0 spiro atoms. The number of anilines is 1. The summed E-state index contributed by atoms with van der Waals surface area (Å²) in [6, 6.07) is 4.12. The SMILES string of the molecule is CCC1(C)CCN(c2ccc(CO)cc2C(F)(F)F)CC1. The molecule has 1 aliphatic rings. The second kappa shape index (κ2) is 5.87. The molecule has 0 aromatic heterocycles. The summed E-state index contributed by atoms with van der Waals surface area (Å²) in [7, 11) is 0. The third-order valence-corrected chi connectivity index (χ3v) is 4.71. The maximum atomic E-state index is 13.2. The largest absolute Gasteiger partial charge is 0.418 e. The molecule has 0 amide bonds. The Balaban J connectivity index is 2.28. The zero-order valence-electron chi connectivity index (χ0n) is 12.5. The number of nitrogens with zero attached hydrogens (tertiary/aromatic N) is 1. The summed E-state index contributed by atoms with van der Waals surface area (Å²) in [6.07, 6.45) is -1.53. The number of halogens is 3. The summed E-state index contributed by atoms with van der Waals surface area (Å²) >= 11 is 0. The summed E-state index contributed by atoms with van der Waals surface area (Å²) in [5, 5.41) is 9.05. The first-order chi connectivity index (χ1) is 9.79. The molecule has 0 aliphatic carbocycles. The summed E-state index contributed by atoms with van der Waals surface area (Å²) in [5.74, 6) is 0. The van der Waals surface area contributed by atoms with Crippen LogP contribution in [0.1, 0.15) is 44.2 Å². The van der Waals surface area contributed by atoms with Crippen molar-refractivity contribution in [2.24, 2.45) is 5.41 Å². The van der Waals surface area contributed by atoms with E-state index >= 15 is 0 Å². The molecule has 1 N–H and O–H groups in total. The van der Waals surface area contributed by atoms with Crippen LogP contribution in [0.3, 0.4) is 0 Å². The fourth-order valence-electron chi connectivity index (χ4n) is 2.83. The number of rotatable bonds is 3. The Morgan fingerprint density at radius 1 is 1.24 bits per heavy atom. The van der Waals surface area contributed by atoms with Crippen LogP contribution in [-0.2, 0) is 12.8 Å². The first-order valence-corrected chi connectivity index (χ1v) is 7.35.